The minimum Gasteiger partial charge on any atom is -0.491 e. The molecule has 0 aliphatic rings. The van der Waals surface area contributed by atoms with Crippen molar-refractivity contribution in [3.63, 3.8) is 0 Å². The van der Waals surface area contributed by atoms with Gasteiger partial charge in [-0.3, -0.25) is 4.79 Å². The molecule has 0 spiro atoms. The summed E-state index contributed by atoms with van der Waals surface area (Å²) in [6, 6.07) is 13.2. The highest BCUT2D eigenvalue weighted by Crippen LogP contribution is 2.20. The first-order valence-corrected chi connectivity index (χ1v) is 7.70. The van der Waals surface area contributed by atoms with E-state index in [9.17, 15) is 4.79 Å². The Morgan fingerprint density at radius 1 is 1.13 bits per heavy atom. The summed E-state index contributed by atoms with van der Waals surface area (Å²) in [6.07, 6.45) is 0.0915. The van der Waals surface area contributed by atoms with Gasteiger partial charge in [0, 0.05) is 11.8 Å². The van der Waals surface area contributed by atoms with Crippen molar-refractivity contribution in [3.05, 3.63) is 53.6 Å². The molecule has 0 aliphatic heterocycles. The fourth-order valence-electron chi connectivity index (χ4n) is 2.22. The molecular formula is C19H23NO3. The van der Waals surface area contributed by atoms with Crippen molar-refractivity contribution in [3.8, 4) is 11.5 Å². The molecule has 2 rings (SSSR count). The number of nitrogens with one attached hydrogen (secondary N) is 1. The van der Waals surface area contributed by atoms with Crippen molar-refractivity contribution in [1.82, 2.24) is 0 Å². The van der Waals surface area contributed by atoms with E-state index in [0.29, 0.717) is 5.69 Å². The van der Waals surface area contributed by atoms with Crippen molar-refractivity contribution in [2.75, 3.05) is 11.9 Å². The van der Waals surface area contributed by atoms with E-state index in [-0.39, 0.29) is 18.6 Å². The highest BCUT2D eigenvalue weighted by atomic mass is 16.5. The van der Waals surface area contributed by atoms with E-state index in [1.54, 1.807) is 6.07 Å². The van der Waals surface area contributed by atoms with E-state index < -0.39 is 0 Å². The zero-order valence-corrected chi connectivity index (χ0v) is 14.1. The Morgan fingerprint density at radius 2 is 1.91 bits per heavy atom. The van der Waals surface area contributed by atoms with Gasteiger partial charge in [-0.25, -0.2) is 0 Å². The lowest BCUT2D eigenvalue weighted by Crippen LogP contribution is -2.20. The van der Waals surface area contributed by atoms with Gasteiger partial charge in [0.2, 0.25) is 0 Å². The molecule has 0 heterocycles. The molecule has 2 aromatic rings. The zero-order chi connectivity index (χ0) is 16.8. The minimum atomic E-state index is -0.202. The smallest absolute Gasteiger partial charge is 0.262 e. The zero-order valence-electron chi connectivity index (χ0n) is 14.1. The molecule has 23 heavy (non-hydrogen) atoms. The van der Waals surface area contributed by atoms with Crippen LogP contribution in [0.2, 0.25) is 0 Å². The van der Waals surface area contributed by atoms with Crippen LogP contribution in [0.4, 0.5) is 5.69 Å². The van der Waals surface area contributed by atoms with Gasteiger partial charge >= 0.3 is 0 Å². The van der Waals surface area contributed by atoms with E-state index >= 15 is 0 Å². The summed E-state index contributed by atoms with van der Waals surface area (Å²) in [4.78, 5) is 12.0. The summed E-state index contributed by atoms with van der Waals surface area (Å²) in [6.45, 7) is 7.88. The van der Waals surface area contributed by atoms with Crippen LogP contribution in [-0.2, 0) is 4.79 Å². The largest absolute Gasteiger partial charge is 0.491 e. The summed E-state index contributed by atoms with van der Waals surface area (Å²) < 4.78 is 11.2. The summed E-state index contributed by atoms with van der Waals surface area (Å²) >= 11 is 0. The number of benzene rings is 2. The third-order valence-corrected chi connectivity index (χ3v) is 3.18. The minimum absolute atomic E-state index is 0.0286. The van der Waals surface area contributed by atoms with Crippen molar-refractivity contribution in [1.29, 1.82) is 0 Å². The Bertz CT molecular complexity index is 680. The number of carbonyl (C=O) groups excluding carboxylic acids is 1. The van der Waals surface area contributed by atoms with Gasteiger partial charge in [0.1, 0.15) is 11.5 Å². The molecule has 4 nitrogen and oxygen atoms in total. The number of amides is 1. The Morgan fingerprint density at radius 3 is 2.61 bits per heavy atom. The average Bonchev–Trinajstić information content (AvgIpc) is 2.46. The highest BCUT2D eigenvalue weighted by Gasteiger charge is 2.07. The van der Waals surface area contributed by atoms with Gasteiger partial charge < -0.3 is 14.8 Å². The monoisotopic (exact) mass is 313 g/mol. The molecule has 0 fully saturated rings. The second-order valence-corrected chi connectivity index (χ2v) is 5.80. The maximum absolute atomic E-state index is 12.0. The Balaban J connectivity index is 1.92. The molecular weight excluding hydrogens is 290 g/mol. The quantitative estimate of drug-likeness (QED) is 0.873. The number of rotatable bonds is 6. The van der Waals surface area contributed by atoms with Crippen LogP contribution in [0.25, 0.3) is 0 Å². The molecule has 2 aromatic carbocycles. The van der Waals surface area contributed by atoms with Gasteiger partial charge in [-0.05, 0) is 51.5 Å². The number of carbonyl (C=O) groups is 1. The van der Waals surface area contributed by atoms with E-state index in [1.807, 2.05) is 64.1 Å². The van der Waals surface area contributed by atoms with Gasteiger partial charge in [0.15, 0.2) is 6.61 Å². The molecule has 0 atom stereocenters. The molecule has 0 bridgehead atoms. The van der Waals surface area contributed by atoms with Gasteiger partial charge in [-0.15, -0.1) is 0 Å². The first-order chi connectivity index (χ1) is 10.9. The van der Waals surface area contributed by atoms with Crippen LogP contribution in [0.15, 0.2) is 42.5 Å². The standard InChI is InChI=1S/C19H23NO3/c1-13(2)23-17-7-5-6-16(11-17)20-19(21)12-22-18-9-8-14(3)10-15(18)4/h5-11,13H,12H2,1-4H3,(H,20,21). The Kier molecular flexibility index (Phi) is 5.63. The van der Waals surface area contributed by atoms with Gasteiger partial charge in [-0.2, -0.15) is 0 Å². The molecule has 1 amide bonds. The lowest BCUT2D eigenvalue weighted by Gasteiger charge is -2.12. The number of aryl methyl sites for hydroxylation is 2. The molecule has 122 valence electrons. The van der Waals surface area contributed by atoms with Crippen LogP contribution in [-0.4, -0.2) is 18.6 Å². The summed E-state index contributed by atoms with van der Waals surface area (Å²) in [5, 5.41) is 2.81. The van der Waals surface area contributed by atoms with Gasteiger partial charge in [0.25, 0.3) is 5.91 Å². The fourth-order valence-corrected chi connectivity index (χ4v) is 2.22. The second-order valence-electron chi connectivity index (χ2n) is 5.80. The number of hydrogen-bond donors (Lipinski definition) is 1. The van der Waals surface area contributed by atoms with Crippen LogP contribution in [0.3, 0.4) is 0 Å². The SMILES string of the molecule is Cc1ccc(OCC(=O)Nc2cccc(OC(C)C)c2)c(C)c1. The first-order valence-electron chi connectivity index (χ1n) is 7.70. The Labute approximate surface area is 137 Å². The molecule has 0 aromatic heterocycles. The van der Waals surface area contributed by atoms with Gasteiger partial charge in [-0.1, -0.05) is 23.8 Å². The van der Waals surface area contributed by atoms with Crippen LogP contribution in [0.5, 0.6) is 11.5 Å². The van der Waals surface area contributed by atoms with Crippen LogP contribution in [0, 0.1) is 13.8 Å². The average molecular weight is 313 g/mol. The highest BCUT2D eigenvalue weighted by molar-refractivity contribution is 5.92. The third kappa shape index (κ3) is 5.33. The second kappa shape index (κ2) is 7.68. The topological polar surface area (TPSA) is 47.6 Å². The number of anilines is 1. The Hall–Kier alpha value is -2.49. The summed E-state index contributed by atoms with van der Waals surface area (Å²) in [7, 11) is 0. The maximum Gasteiger partial charge on any atom is 0.262 e. The predicted molar refractivity (Wildman–Crippen MR) is 92.2 cm³/mol. The normalized spacial score (nSPS) is 10.5. The van der Waals surface area contributed by atoms with E-state index in [2.05, 4.69) is 5.32 Å². The predicted octanol–water partition coefficient (Wildman–Crippen LogP) is 4.11. The number of ether oxygens (including phenoxy) is 2. The van der Waals surface area contributed by atoms with Crippen LogP contribution < -0.4 is 14.8 Å². The summed E-state index contributed by atoms with van der Waals surface area (Å²) in [5.74, 6) is 1.25. The van der Waals surface area contributed by atoms with Crippen molar-refractivity contribution >= 4 is 11.6 Å². The first kappa shape index (κ1) is 16.9. The van der Waals surface area contributed by atoms with Crippen molar-refractivity contribution < 1.29 is 14.3 Å². The van der Waals surface area contributed by atoms with E-state index in [4.69, 9.17) is 9.47 Å². The van der Waals surface area contributed by atoms with Crippen LogP contribution in [0.1, 0.15) is 25.0 Å². The molecule has 0 aliphatic carbocycles. The number of hydrogen-bond acceptors (Lipinski definition) is 3. The van der Waals surface area contributed by atoms with Gasteiger partial charge in [0.05, 0.1) is 6.10 Å². The molecule has 0 saturated heterocycles. The van der Waals surface area contributed by atoms with E-state index in [0.717, 1.165) is 17.1 Å². The third-order valence-electron chi connectivity index (χ3n) is 3.18. The molecule has 0 radical (unpaired) electrons. The summed E-state index contributed by atoms with van der Waals surface area (Å²) in [5.41, 5.74) is 2.88. The van der Waals surface area contributed by atoms with Crippen molar-refractivity contribution in [2.24, 2.45) is 0 Å². The lowest BCUT2D eigenvalue weighted by atomic mass is 10.1. The lowest BCUT2D eigenvalue weighted by molar-refractivity contribution is -0.118. The molecule has 0 saturated carbocycles. The molecule has 0 unspecified atom stereocenters. The molecule has 4 heteroatoms. The maximum atomic E-state index is 12.0. The van der Waals surface area contributed by atoms with E-state index in [1.165, 1.54) is 5.56 Å². The fraction of sp³-hybridized carbons (Fsp3) is 0.316. The van der Waals surface area contributed by atoms with Crippen LogP contribution >= 0.6 is 0 Å². The van der Waals surface area contributed by atoms with Crippen molar-refractivity contribution in [2.45, 2.75) is 33.8 Å². The molecule has 1 N–H and O–H groups in total.